The molecule has 1 aliphatic heterocycles. The molecular formula is C16H34N2O. The van der Waals surface area contributed by atoms with Crippen LogP contribution in [0.5, 0.6) is 0 Å². The molecule has 0 saturated carbocycles. The molecule has 1 N–H and O–H groups in total. The summed E-state index contributed by atoms with van der Waals surface area (Å²) in [6, 6.07) is 0.720. The minimum Gasteiger partial charge on any atom is -0.381 e. The van der Waals surface area contributed by atoms with Gasteiger partial charge in [0.15, 0.2) is 0 Å². The summed E-state index contributed by atoms with van der Waals surface area (Å²) in [5.41, 5.74) is 0.433. The van der Waals surface area contributed by atoms with E-state index in [9.17, 15) is 0 Å². The van der Waals surface area contributed by atoms with Gasteiger partial charge in [-0.3, -0.25) is 0 Å². The fraction of sp³-hybridized carbons (Fsp3) is 1.00. The zero-order chi connectivity index (χ0) is 14.1. The lowest BCUT2D eigenvalue weighted by Crippen LogP contribution is -2.47. The molecule has 3 nitrogen and oxygen atoms in total. The van der Waals surface area contributed by atoms with Gasteiger partial charge in [-0.2, -0.15) is 0 Å². The summed E-state index contributed by atoms with van der Waals surface area (Å²) in [5, 5.41) is 3.63. The summed E-state index contributed by atoms with van der Waals surface area (Å²) in [4.78, 5) is 2.59. The van der Waals surface area contributed by atoms with Crippen LogP contribution in [0, 0.1) is 5.41 Å². The highest BCUT2D eigenvalue weighted by Gasteiger charge is 2.30. The Balaban J connectivity index is 2.49. The summed E-state index contributed by atoms with van der Waals surface area (Å²) in [6.07, 6.45) is 6.13. The lowest BCUT2D eigenvalue weighted by Gasteiger charge is -2.40. The van der Waals surface area contributed by atoms with Crippen LogP contribution >= 0.6 is 0 Å². The Morgan fingerprint density at radius 2 is 1.79 bits per heavy atom. The van der Waals surface area contributed by atoms with Gasteiger partial charge in [-0.05, 0) is 51.1 Å². The first kappa shape index (κ1) is 16.9. The summed E-state index contributed by atoms with van der Waals surface area (Å²) in [6.45, 7) is 12.3. The first-order valence-electron chi connectivity index (χ1n) is 8.16. The van der Waals surface area contributed by atoms with E-state index in [1.807, 2.05) is 0 Å². The Bertz CT molecular complexity index is 223. The molecule has 19 heavy (non-hydrogen) atoms. The van der Waals surface area contributed by atoms with Crippen LogP contribution in [0.3, 0.4) is 0 Å². The van der Waals surface area contributed by atoms with E-state index in [-0.39, 0.29) is 0 Å². The van der Waals surface area contributed by atoms with E-state index in [0.29, 0.717) is 5.41 Å². The monoisotopic (exact) mass is 270 g/mol. The Morgan fingerprint density at radius 1 is 1.16 bits per heavy atom. The molecule has 0 aromatic carbocycles. The maximum absolute atomic E-state index is 5.47. The van der Waals surface area contributed by atoms with E-state index < -0.39 is 0 Å². The van der Waals surface area contributed by atoms with Gasteiger partial charge in [-0.15, -0.1) is 0 Å². The Hall–Kier alpha value is -0.120. The molecule has 1 fully saturated rings. The van der Waals surface area contributed by atoms with Gasteiger partial charge in [-0.25, -0.2) is 0 Å². The lowest BCUT2D eigenvalue weighted by atomic mass is 9.81. The average Bonchev–Trinajstić information content (AvgIpc) is 2.47. The molecule has 1 heterocycles. The van der Waals surface area contributed by atoms with Crippen molar-refractivity contribution in [3.8, 4) is 0 Å². The minimum absolute atomic E-state index is 0.433. The van der Waals surface area contributed by atoms with E-state index in [1.54, 1.807) is 0 Å². The highest BCUT2D eigenvalue weighted by molar-refractivity contribution is 4.85. The average molecular weight is 270 g/mol. The summed E-state index contributed by atoms with van der Waals surface area (Å²) >= 11 is 0. The first-order valence-corrected chi connectivity index (χ1v) is 8.16. The van der Waals surface area contributed by atoms with E-state index in [2.05, 4.69) is 38.0 Å². The van der Waals surface area contributed by atoms with Crippen molar-refractivity contribution >= 4 is 0 Å². The minimum atomic E-state index is 0.433. The molecular weight excluding hydrogens is 236 g/mol. The van der Waals surface area contributed by atoms with Crippen molar-refractivity contribution in [2.75, 3.05) is 39.9 Å². The largest absolute Gasteiger partial charge is 0.381 e. The number of hydrogen-bond acceptors (Lipinski definition) is 3. The van der Waals surface area contributed by atoms with Crippen molar-refractivity contribution in [1.29, 1.82) is 0 Å². The zero-order valence-corrected chi connectivity index (χ0v) is 13.5. The summed E-state index contributed by atoms with van der Waals surface area (Å²) in [5.74, 6) is 0. The van der Waals surface area contributed by atoms with Crippen LogP contribution in [0.2, 0.25) is 0 Å². The molecule has 1 rings (SSSR count). The predicted octanol–water partition coefficient (Wildman–Crippen LogP) is 2.90. The second-order valence-corrected chi connectivity index (χ2v) is 6.14. The molecule has 1 saturated heterocycles. The maximum atomic E-state index is 5.47. The Labute approximate surface area is 120 Å². The van der Waals surface area contributed by atoms with Crippen molar-refractivity contribution in [2.45, 2.75) is 58.9 Å². The third kappa shape index (κ3) is 5.41. The van der Waals surface area contributed by atoms with E-state index >= 15 is 0 Å². The van der Waals surface area contributed by atoms with Crippen LogP contribution in [-0.4, -0.2) is 50.8 Å². The van der Waals surface area contributed by atoms with Gasteiger partial charge < -0.3 is 15.0 Å². The fourth-order valence-corrected chi connectivity index (χ4v) is 3.09. The molecule has 3 heteroatoms. The maximum Gasteiger partial charge on any atom is 0.0480 e. The van der Waals surface area contributed by atoms with Gasteiger partial charge >= 0.3 is 0 Å². The van der Waals surface area contributed by atoms with Crippen LogP contribution in [0.1, 0.15) is 52.9 Å². The van der Waals surface area contributed by atoms with Crippen LogP contribution in [0.25, 0.3) is 0 Å². The van der Waals surface area contributed by atoms with Crippen molar-refractivity contribution in [1.82, 2.24) is 10.2 Å². The SMILES string of the molecule is CCCNCC(CC)(CC)CN(C)C1CCOCC1. The van der Waals surface area contributed by atoms with E-state index in [1.165, 1.54) is 38.6 Å². The second kappa shape index (κ2) is 8.93. The van der Waals surface area contributed by atoms with Gasteiger partial charge in [0, 0.05) is 32.3 Å². The molecule has 0 aromatic heterocycles. The zero-order valence-electron chi connectivity index (χ0n) is 13.5. The van der Waals surface area contributed by atoms with Gasteiger partial charge in [0.1, 0.15) is 0 Å². The smallest absolute Gasteiger partial charge is 0.0480 e. The molecule has 0 aliphatic carbocycles. The van der Waals surface area contributed by atoms with E-state index in [4.69, 9.17) is 4.74 Å². The molecule has 114 valence electrons. The number of nitrogens with zero attached hydrogens (tertiary/aromatic N) is 1. The van der Waals surface area contributed by atoms with Crippen LogP contribution < -0.4 is 5.32 Å². The summed E-state index contributed by atoms with van der Waals surface area (Å²) in [7, 11) is 2.30. The fourth-order valence-electron chi connectivity index (χ4n) is 3.09. The van der Waals surface area contributed by atoms with E-state index in [0.717, 1.165) is 32.3 Å². The third-order valence-electron chi connectivity index (χ3n) is 4.83. The van der Waals surface area contributed by atoms with Crippen LogP contribution in [0.4, 0.5) is 0 Å². The normalized spacial score (nSPS) is 18.2. The molecule has 0 bridgehead atoms. The van der Waals surface area contributed by atoms with Crippen LogP contribution in [-0.2, 0) is 4.74 Å². The first-order chi connectivity index (χ1) is 9.17. The summed E-state index contributed by atoms with van der Waals surface area (Å²) < 4.78 is 5.47. The molecule has 0 spiro atoms. The van der Waals surface area contributed by atoms with Gasteiger partial charge in [0.2, 0.25) is 0 Å². The molecule has 0 radical (unpaired) electrons. The second-order valence-electron chi connectivity index (χ2n) is 6.14. The van der Waals surface area contributed by atoms with Gasteiger partial charge in [-0.1, -0.05) is 20.8 Å². The Morgan fingerprint density at radius 3 is 2.32 bits per heavy atom. The predicted molar refractivity (Wildman–Crippen MR) is 82.6 cm³/mol. The van der Waals surface area contributed by atoms with Crippen molar-refractivity contribution in [3.63, 3.8) is 0 Å². The van der Waals surface area contributed by atoms with Gasteiger partial charge in [0.25, 0.3) is 0 Å². The molecule has 0 atom stereocenters. The van der Waals surface area contributed by atoms with Crippen LogP contribution in [0.15, 0.2) is 0 Å². The molecule has 1 aliphatic rings. The highest BCUT2D eigenvalue weighted by atomic mass is 16.5. The van der Waals surface area contributed by atoms with Crippen molar-refractivity contribution in [3.05, 3.63) is 0 Å². The number of rotatable bonds is 9. The number of nitrogens with one attached hydrogen (secondary N) is 1. The number of hydrogen-bond donors (Lipinski definition) is 1. The molecule has 0 aromatic rings. The lowest BCUT2D eigenvalue weighted by molar-refractivity contribution is 0.0253. The standard InChI is InChI=1S/C16H34N2O/c1-5-10-17-13-16(6-2,7-3)14-18(4)15-8-11-19-12-9-15/h15,17H,5-14H2,1-4H3. The topological polar surface area (TPSA) is 24.5 Å². The van der Waals surface area contributed by atoms with Crippen molar-refractivity contribution < 1.29 is 4.74 Å². The van der Waals surface area contributed by atoms with Gasteiger partial charge in [0.05, 0.1) is 0 Å². The molecule has 0 unspecified atom stereocenters. The highest BCUT2D eigenvalue weighted by Crippen LogP contribution is 2.28. The molecule has 0 amide bonds. The third-order valence-corrected chi connectivity index (χ3v) is 4.83. The van der Waals surface area contributed by atoms with Crippen molar-refractivity contribution in [2.24, 2.45) is 5.41 Å². The quantitative estimate of drug-likeness (QED) is 0.652. The number of ether oxygens (including phenoxy) is 1. The Kier molecular flexibility index (Phi) is 7.96.